The molecule has 0 aliphatic carbocycles. The quantitative estimate of drug-likeness (QED) is 0.856. The van der Waals surface area contributed by atoms with E-state index in [1.807, 2.05) is 68.4 Å². The molecule has 2 atom stereocenters. The predicted molar refractivity (Wildman–Crippen MR) is 107 cm³/mol. The van der Waals surface area contributed by atoms with E-state index in [-0.39, 0.29) is 23.9 Å². The number of rotatable bonds is 4. The van der Waals surface area contributed by atoms with Gasteiger partial charge in [-0.3, -0.25) is 4.79 Å². The van der Waals surface area contributed by atoms with Crippen molar-refractivity contribution in [2.45, 2.75) is 32.7 Å². The average molecular weight is 365 g/mol. The molecule has 1 saturated heterocycles. The van der Waals surface area contributed by atoms with Crippen LogP contribution in [0.4, 0.5) is 10.5 Å². The van der Waals surface area contributed by atoms with Crippen molar-refractivity contribution < 1.29 is 9.59 Å². The number of hydrogen-bond donors (Lipinski definition) is 2. The topological polar surface area (TPSA) is 61.4 Å². The Labute approximate surface area is 160 Å². The number of likely N-dealkylation sites (tertiary alicyclic amines) is 1. The molecule has 0 aromatic heterocycles. The highest BCUT2D eigenvalue weighted by atomic mass is 16.2. The van der Waals surface area contributed by atoms with Crippen LogP contribution in [0.15, 0.2) is 54.6 Å². The third-order valence-corrected chi connectivity index (χ3v) is 5.01. The van der Waals surface area contributed by atoms with Gasteiger partial charge in [-0.15, -0.1) is 0 Å². The highest BCUT2D eigenvalue weighted by Crippen LogP contribution is 2.20. The molecule has 2 aromatic rings. The summed E-state index contributed by atoms with van der Waals surface area (Å²) in [5.41, 5.74) is 2.96. The number of carbonyl (C=O) groups is 2. The largest absolute Gasteiger partial charge is 0.349 e. The van der Waals surface area contributed by atoms with E-state index in [0.717, 1.165) is 29.7 Å². The van der Waals surface area contributed by atoms with Crippen LogP contribution in [0.3, 0.4) is 0 Å². The van der Waals surface area contributed by atoms with Crippen LogP contribution in [0, 0.1) is 12.8 Å². The van der Waals surface area contributed by atoms with E-state index in [1.165, 1.54) is 0 Å². The molecule has 1 heterocycles. The lowest BCUT2D eigenvalue weighted by Gasteiger charge is -2.32. The molecule has 3 rings (SSSR count). The van der Waals surface area contributed by atoms with Gasteiger partial charge in [0.15, 0.2) is 0 Å². The van der Waals surface area contributed by atoms with Gasteiger partial charge in [0.05, 0.1) is 12.0 Å². The summed E-state index contributed by atoms with van der Waals surface area (Å²) in [4.78, 5) is 27.0. The van der Waals surface area contributed by atoms with Crippen molar-refractivity contribution >= 4 is 17.6 Å². The van der Waals surface area contributed by atoms with E-state index in [9.17, 15) is 9.59 Å². The number of amides is 3. The number of urea groups is 1. The molecule has 0 spiro atoms. The molecule has 5 heteroatoms. The van der Waals surface area contributed by atoms with Crippen LogP contribution in [-0.4, -0.2) is 29.9 Å². The van der Waals surface area contributed by atoms with Gasteiger partial charge in [0.2, 0.25) is 5.91 Å². The van der Waals surface area contributed by atoms with Crippen molar-refractivity contribution in [2.24, 2.45) is 5.92 Å². The molecule has 2 N–H and O–H groups in total. The number of nitrogens with one attached hydrogen (secondary N) is 2. The molecule has 3 amide bonds. The van der Waals surface area contributed by atoms with Crippen molar-refractivity contribution in [1.29, 1.82) is 0 Å². The van der Waals surface area contributed by atoms with Gasteiger partial charge in [0, 0.05) is 18.8 Å². The average Bonchev–Trinajstić information content (AvgIpc) is 2.68. The molecular weight excluding hydrogens is 338 g/mol. The van der Waals surface area contributed by atoms with Crippen molar-refractivity contribution in [3.63, 3.8) is 0 Å². The number of hydrogen-bond acceptors (Lipinski definition) is 2. The monoisotopic (exact) mass is 365 g/mol. The molecular formula is C22H27N3O2. The molecule has 5 nitrogen and oxygen atoms in total. The Morgan fingerprint density at radius 1 is 1.11 bits per heavy atom. The van der Waals surface area contributed by atoms with Crippen molar-refractivity contribution in [3.05, 3.63) is 65.7 Å². The number of anilines is 1. The summed E-state index contributed by atoms with van der Waals surface area (Å²) in [6, 6.07) is 17.4. The van der Waals surface area contributed by atoms with E-state index >= 15 is 0 Å². The molecule has 1 fully saturated rings. The number of nitrogens with zero attached hydrogens (tertiary/aromatic N) is 1. The first-order valence-electron chi connectivity index (χ1n) is 9.51. The molecule has 142 valence electrons. The first-order chi connectivity index (χ1) is 13.0. The lowest BCUT2D eigenvalue weighted by molar-refractivity contribution is -0.126. The fraction of sp³-hybridized carbons (Fsp3) is 0.364. The highest BCUT2D eigenvalue weighted by molar-refractivity contribution is 5.90. The fourth-order valence-corrected chi connectivity index (χ4v) is 3.46. The van der Waals surface area contributed by atoms with Crippen molar-refractivity contribution in [1.82, 2.24) is 10.2 Å². The summed E-state index contributed by atoms with van der Waals surface area (Å²) in [6.45, 7) is 5.10. The van der Waals surface area contributed by atoms with Gasteiger partial charge in [-0.2, -0.15) is 0 Å². The standard InChI is InChI=1S/C22H27N3O2/c1-16-8-6-12-20(14-16)24-22(27)25-13-7-11-19(15-25)21(26)23-17(2)18-9-4-3-5-10-18/h3-6,8-10,12,14,17,19H,7,11,13,15H2,1-2H3,(H,23,26)(H,24,27)/t17-,19-/m1/s1. The van der Waals surface area contributed by atoms with E-state index in [4.69, 9.17) is 0 Å². The maximum atomic E-state index is 12.7. The van der Waals surface area contributed by atoms with Gasteiger partial charge in [-0.1, -0.05) is 42.5 Å². The molecule has 27 heavy (non-hydrogen) atoms. The van der Waals surface area contributed by atoms with Gasteiger partial charge in [-0.25, -0.2) is 4.79 Å². The lowest BCUT2D eigenvalue weighted by atomic mass is 9.96. The molecule has 1 aliphatic heterocycles. The number of carbonyl (C=O) groups excluding carboxylic acids is 2. The zero-order valence-corrected chi connectivity index (χ0v) is 15.9. The van der Waals surface area contributed by atoms with Crippen molar-refractivity contribution in [2.75, 3.05) is 18.4 Å². The molecule has 1 aliphatic rings. The second-order valence-electron chi connectivity index (χ2n) is 7.23. The van der Waals surface area contributed by atoms with Crippen LogP contribution in [0.5, 0.6) is 0 Å². The second-order valence-corrected chi connectivity index (χ2v) is 7.23. The zero-order valence-electron chi connectivity index (χ0n) is 15.9. The van der Waals surface area contributed by atoms with Gasteiger partial charge in [0.1, 0.15) is 0 Å². The Bertz CT molecular complexity index is 791. The summed E-state index contributed by atoms with van der Waals surface area (Å²) in [5, 5.41) is 6.02. The SMILES string of the molecule is Cc1cccc(NC(=O)N2CCC[C@@H](C(=O)N[C@H](C)c3ccccc3)C2)c1. The van der Waals surface area contributed by atoms with Crippen LogP contribution in [0.25, 0.3) is 0 Å². The Morgan fingerprint density at radius 2 is 1.89 bits per heavy atom. The van der Waals surface area contributed by atoms with Gasteiger partial charge in [0.25, 0.3) is 0 Å². The first kappa shape index (κ1) is 19.0. The third kappa shape index (κ3) is 5.09. The maximum Gasteiger partial charge on any atom is 0.321 e. The predicted octanol–water partition coefficient (Wildman–Crippen LogP) is 4.12. The minimum atomic E-state index is -0.173. The van der Waals surface area contributed by atoms with Crippen LogP contribution >= 0.6 is 0 Å². The van der Waals surface area contributed by atoms with Crippen molar-refractivity contribution in [3.8, 4) is 0 Å². The number of piperidine rings is 1. The van der Waals surface area contributed by atoms with Crippen LogP contribution in [0.1, 0.15) is 36.9 Å². The van der Waals surface area contributed by atoms with E-state index in [2.05, 4.69) is 10.6 Å². The van der Waals surface area contributed by atoms with Gasteiger partial charge in [-0.05, 0) is 49.9 Å². The Balaban J connectivity index is 1.56. The summed E-state index contributed by atoms with van der Waals surface area (Å²) in [6.07, 6.45) is 1.64. The Kier molecular flexibility index (Phi) is 6.12. The number of benzene rings is 2. The highest BCUT2D eigenvalue weighted by Gasteiger charge is 2.29. The second kappa shape index (κ2) is 8.71. The smallest absolute Gasteiger partial charge is 0.321 e. The van der Waals surface area contributed by atoms with Crippen LogP contribution in [0.2, 0.25) is 0 Å². The number of aryl methyl sites for hydroxylation is 1. The third-order valence-electron chi connectivity index (χ3n) is 5.01. The van der Waals surface area contributed by atoms with E-state index in [0.29, 0.717) is 13.1 Å². The van der Waals surface area contributed by atoms with Gasteiger partial charge >= 0.3 is 6.03 Å². The summed E-state index contributed by atoms with van der Waals surface area (Å²) in [5.74, 6) is -0.160. The molecule has 2 aromatic carbocycles. The normalized spacial score (nSPS) is 17.9. The molecule has 0 radical (unpaired) electrons. The summed E-state index contributed by atoms with van der Waals surface area (Å²) < 4.78 is 0. The fourth-order valence-electron chi connectivity index (χ4n) is 3.46. The molecule has 0 bridgehead atoms. The summed E-state index contributed by atoms with van der Waals surface area (Å²) in [7, 11) is 0. The lowest BCUT2D eigenvalue weighted by Crippen LogP contribution is -2.47. The van der Waals surface area contributed by atoms with Crippen LogP contribution in [-0.2, 0) is 4.79 Å². The molecule has 0 saturated carbocycles. The Hall–Kier alpha value is -2.82. The zero-order chi connectivity index (χ0) is 19.2. The first-order valence-corrected chi connectivity index (χ1v) is 9.51. The van der Waals surface area contributed by atoms with Crippen LogP contribution < -0.4 is 10.6 Å². The molecule has 0 unspecified atom stereocenters. The Morgan fingerprint density at radius 3 is 2.63 bits per heavy atom. The summed E-state index contributed by atoms with van der Waals surface area (Å²) >= 11 is 0. The minimum Gasteiger partial charge on any atom is -0.349 e. The van der Waals surface area contributed by atoms with E-state index < -0.39 is 0 Å². The maximum absolute atomic E-state index is 12.7. The van der Waals surface area contributed by atoms with E-state index in [1.54, 1.807) is 4.90 Å². The minimum absolute atomic E-state index is 0.0133. The van der Waals surface area contributed by atoms with Gasteiger partial charge < -0.3 is 15.5 Å².